The number of aliphatic hydroxyl groups is 1. The van der Waals surface area contributed by atoms with Crippen LogP contribution in [0.25, 0.3) is 0 Å². The molecule has 0 aliphatic rings. The van der Waals surface area contributed by atoms with E-state index in [2.05, 4.69) is 0 Å². The third-order valence-corrected chi connectivity index (χ3v) is 2.71. The van der Waals surface area contributed by atoms with Gasteiger partial charge >= 0.3 is 0 Å². The highest BCUT2D eigenvalue weighted by Crippen LogP contribution is 2.30. The van der Waals surface area contributed by atoms with Crippen LogP contribution in [0.2, 0.25) is 0 Å². The maximum Gasteiger partial charge on any atom is 0.161 e. The summed E-state index contributed by atoms with van der Waals surface area (Å²) in [5.41, 5.74) is 6.79. The molecule has 0 aliphatic carbocycles. The van der Waals surface area contributed by atoms with Gasteiger partial charge in [0.25, 0.3) is 0 Å². The van der Waals surface area contributed by atoms with Crippen molar-refractivity contribution in [3.63, 3.8) is 0 Å². The highest BCUT2D eigenvalue weighted by Gasteiger charge is 2.14. The summed E-state index contributed by atoms with van der Waals surface area (Å²) in [6, 6.07) is 5.52. The molecule has 3 unspecified atom stereocenters. The van der Waals surface area contributed by atoms with Crippen molar-refractivity contribution in [3.05, 3.63) is 23.8 Å². The summed E-state index contributed by atoms with van der Waals surface area (Å²) in [6.45, 7) is 5.41. The molecular weight excluding hydrogens is 218 g/mol. The molecule has 0 amide bonds. The fraction of sp³-hybridized carbons (Fsp3) is 0.538. The molecule has 4 nitrogen and oxygen atoms in total. The number of benzene rings is 1. The Balaban J connectivity index is 2.93. The second kappa shape index (κ2) is 5.89. The zero-order valence-corrected chi connectivity index (χ0v) is 10.8. The Morgan fingerprint density at radius 3 is 2.29 bits per heavy atom. The van der Waals surface area contributed by atoms with Crippen LogP contribution >= 0.6 is 0 Å². The monoisotopic (exact) mass is 239 g/mol. The lowest BCUT2D eigenvalue weighted by atomic mass is 10.1. The minimum absolute atomic E-state index is 0.0489. The molecule has 0 aliphatic heterocycles. The standard InChI is InChI=1S/C13H21NO3/c1-8(14)11-5-6-12(13(7-11)16-4)17-10(3)9(2)15/h5-10,15H,14H2,1-4H3. The quantitative estimate of drug-likeness (QED) is 0.823. The Morgan fingerprint density at radius 1 is 1.18 bits per heavy atom. The molecule has 1 aromatic carbocycles. The lowest BCUT2D eigenvalue weighted by Crippen LogP contribution is -2.25. The summed E-state index contributed by atoms with van der Waals surface area (Å²) >= 11 is 0. The van der Waals surface area contributed by atoms with Gasteiger partial charge in [0.05, 0.1) is 13.2 Å². The van der Waals surface area contributed by atoms with Gasteiger partial charge in [-0.15, -0.1) is 0 Å². The summed E-state index contributed by atoms with van der Waals surface area (Å²) in [6.07, 6.45) is -0.821. The molecule has 4 heteroatoms. The van der Waals surface area contributed by atoms with Crippen LogP contribution in [-0.2, 0) is 0 Å². The molecule has 3 N–H and O–H groups in total. The molecule has 3 atom stereocenters. The topological polar surface area (TPSA) is 64.7 Å². The van der Waals surface area contributed by atoms with Gasteiger partial charge in [0.1, 0.15) is 6.10 Å². The van der Waals surface area contributed by atoms with Crippen molar-refractivity contribution < 1.29 is 14.6 Å². The Labute approximate surface area is 102 Å². The van der Waals surface area contributed by atoms with E-state index in [0.29, 0.717) is 11.5 Å². The fourth-order valence-corrected chi connectivity index (χ4v) is 1.36. The zero-order valence-electron chi connectivity index (χ0n) is 10.8. The van der Waals surface area contributed by atoms with Crippen LogP contribution in [0.1, 0.15) is 32.4 Å². The number of rotatable bonds is 5. The van der Waals surface area contributed by atoms with Crippen LogP contribution in [0.5, 0.6) is 11.5 Å². The number of hydrogen-bond donors (Lipinski definition) is 2. The molecule has 1 rings (SSSR count). The average molecular weight is 239 g/mol. The second-order valence-electron chi connectivity index (χ2n) is 4.26. The largest absolute Gasteiger partial charge is 0.493 e. The fourth-order valence-electron chi connectivity index (χ4n) is 1.36. The van der Waals surface area contributed by atoms with Crippen molar-refractivity contribution in [2.45, 2.75) is 39.0 Å². The lowest BCUT2D eigenvalue weighted by Gasteiger charge is -2.19. The molecule has 0 saturated carbocycles. The SMILES string of the molecule is COc1cc(C(C)N)ccc1OC(C)C(C)O. The van der Waals surface area contributed by atoms with E-state index in [1.165, 1.54) is 0 Å². The van der Waals surface area contributed by atoms with Crippen LogP contribution in [-0.4, -0.2) is 24.4 Å². The van der Waals surface area contributed by atoms with Gasteiger partial charge in [0, 0.05) is 6.04 Å². The molecular formula is C13H21NO3. The minimum Gasteiger partial charge on any atom is -0.493 e. The molecule has 17 heavy (non-hydrogen) atoms. The van der Waals surface area contributed by atoms with Gasteiger partial charge in [-0.25, -0.2) is 0 Å². The first-order chi connectivity index (χ1) is 7.95. The smallest absolute Gasteiger partial charge is 0.161 e. The van der Waals surface area contributed by atoms with E-state index in [9.17, 15) is 5.11 Å². The highest BCUT2D eigenvalue weighted by atomic mass is 16.5. The van der Waals surface area contributed by atoms with Crippen molar-refractivity contribution in [1.29, 1.82) is 0 Å². The summed E-state index contributed by atoms with van der Waals surface area (Å²) in [5, 5.41) is 9.40. The van der Waals surface area contributed by atoms with E-state index >= 15 is 0 Å². The summed E-state index contributed by atoms with van der Waals surface area (Å²) < 4.78 is 10.9. The van der Waals surface area contributed by atoms with E-state index < -0.39 is 6.10 Å². The maximum atomic E-state index is 9.40. The van der Waals surface area contributed by atoms with E-state index in [1.807, 2.05) is 32.0 Å². The molecule has 0 fully saturated rings. The van der Waals surface area contributed by atoms with Crippen LogP contribution in [0.3, 0.4) is 0 Å². The van der Waals surface area contributed by atoms with E-state index in [4.69, 9.17) is 15.2 Å². The third kappa shape index (κ3) is 3.61. The average Bonchev–Trinajstić information content (AvgIpc) is 2.28. The van der Waals surface area contributed by atoms with Crippen molar-refractivity contribution in [3.8, 4) is 11.5 Å². The van der Waals surface area contributed by atoms with Crippen molar-refractivity contribution in [2.24, 2.45) is 5.73 Å². The number of ether oxygens (including phenoxy) is 2. The van der Waals surface area contributed by atoms with Crippen molar-refractivity contribution >= 4 is 0 Å². The number of hydrogen-bond acceptors (Lipinski definition) is 4. The number of methoxy groups -OCH3 is 1. The van der Waals surface area contributed by atoms with Crippen molar-refractivity contribution in [2.75, 3.05) is 7.11 Å². The van der Waals surface area contributed by atoms with Gasteiger partial charge < -0.3 is 20.3 Å². The Morgan fingerprint density at radius 2 is 1.82 bits per heavy atom. The number of aliphatic hydroxyl groups excluding tert-OH is 1. The number of nitrogens with two attached hydrogens (primary N) is 1. The summed E-state index contributed by atoms with van der Waals surface area (Å²) in [4.78, 5) is 0. The molecule has 0 spiro atoms. The lowest BCUT2D eigenvalue weighted by molar-refractivity contribution is 0.0586. The van der Waals surface area contributed by atoms with Crippen LogP contribution < -0.4 is 15.2 Å². The molecule has 96 valence electrons. The molecule has 0 aromatic heterocycles. The molecule has 0 bridgehead atoms. The Kier molecular flexibility index (Phi) is 4.78. The van der Waals surface area contributed by atoms with E-state index in [0.717, 1.165) is 5.56 Å². The highest BCUT2D eigenvalue weighted by molar-refractivity contribution is 5.43. The van der Waals surface area contributed by atoms with E-state index in [1.54, 1.807) is 14.0 Å². The first-order valence-corrected chi connectivity index (χ1v) is 5.74. The van der Waals surface area contributed by atoms with Crippen LogP contribution in [0.4, 0.5) is 0 Å². The Hall–Kier alpha value is -1.26. The molecule has 0 saturated heterocycles. The summed E-state index contributed by atoms with van der Waals surface area (Å²) in [5.74, 6) is 1.25. The molecule has 0 radical (unpaired) electrons. The van der Waals surface area contributed by atoms with Crippen LogP contribution in [0.15, 0.2) is 18.2 Å². The van der Waals surface area contributed by atoms with Gasteiger partial charge in [-0.05, 0) is 38.5 Å². The minimum atomic E-state index is -0.534. The predicted octanol–water partition coefficient (Wildman–Crippen LogP) is 1.86. The molecule has 1 aromatic rings. The van der Waals surface area contributed by atoms with Gasteiger partial charge in [0.15, 0.2) is 11.5 Å². The maximum absolute atomic E-state index is 9.40. The van der Waals surface area contributed by atoms with E-state index in [-0.39, 0.29) is 12.1 Å². The normalized spacial score (nSPS) is 16.1. The zero-order chi connectivity index (χ0) is 13.0. The Bertz CT molecular complexity index is 364. The predicted molar refractivity (Wildman–Crippen MR) is 67.4 cm³/mol. The van der Waals surface area contributed by atoms with Gasteiger partial charge in [-0.3, -0.25) is 0 Å². The first-order valence-electron chi connectivity index (χ1n) is 5.74. The first kappa shape index (κ1) is 13.8. The third-order valence-electron chi connectivity index (χ3n) is 2.71. The second-order valence-corrected chi connectivity index (χ2v) is 4.26. The summed E-state index contributed by atoms with van der Waals surface area (Å²) in [7, 11) is 1.58. The van der Waals surface area contributed by atoms with Gasteiger partial charge in [-0.2, -0.15) is 0 Å². The van der Waals surface area contributed by atoms with Gasteiger partial charge in [0.2, 0.25) is 0 Å². The van der Waals surface area contributed by atoms with Crippen LogP contribution in [0, 0.1) is 0 Å². The van der Waals surface area contributed by atoms with Gasteiger partial charge in [-0.1, -0.05) is 6.07 Å². The molecule has 0 heterocycles. The van der Waals surface area contributed by atoms with Crippen molar-refractivity contribution in [1.82, 2.24) is 0 Å².